The van der Waals surface area contributed by atoms with Crippen molar-refractivity contribution in [2.24, 2.45) is 5.73 Å². The fraction of sp³-hybridized carbons (Fsp3) is 0.278. The van der Waals surface area contributed by atoms with Crippen molar-refractivity contribution in [3.63, 3.8) is 0 Å². The number of rotatable bonds is 5. The number of ether oxygens (including phenoxy) is 1. The molecule has 1 aliphatic rings. The number of halogens is 2. The SMILES string of the molecule is NC(=O)c1ncccc1OCC1CCCN1C(=O)c1cccc(Cl)c1F. The van der Waals surface area contributed by atoms with Gasteiger partial charge in [0.25, 0.3) is 11.8 Å². The standard InChI is InChI=1S/C18H17ClFN3O3/c19-13-6-1-5-12(15(13)20)18(25)23-9-3-4-11(23)10-26-14-7-2-8-22-16(14)17(21)24/h1-2,5-8,11H,3-4,9-10H2,(H2,21,24). The number of hydrogen-bond acceptors (Lipinski definition) is 4. The third-order valence-electron chi connectivity index (χ3n) is 4.26. The second kappa shape index (κ2) is 7.70. The maximum Gasteiger partial charge on any atom is 0.271 e. The number of hydrogen-bond donors (Lipinski definition) is 1. The summed E-state index contributed by atoms with van der Waals surface area (Å²) in [5.74, 6) is -1.60. The van der Waals surface area contributed by atoms with Gasteiger partial charge in [-0.25, -0.2) is 9.37 Å². The Labute approximate surface area is 154 Å². The van der Waals surface area contributed by atoms with Crippen LogP contribution in [0.25, 0.3) is 0 Å². The Kier molecular flexibility index (Phi) is 5.37. The molecule has 8 heteroatoms. The van der Waals surface area contributed by atoms with Crippen LogP contribution in [0.5, 0.6) is 5.75 Å². The number of primary amides is 1. The smallest absolute Gasteiger partial charge is 0.271 e. The van der Waals surface area contributed by atoms with Gasteiger partial charge in [-0.15, -0.1) is 0 Å². The Morgan fingerprint density at radius 1 is 1.35 bits per heavy atom. The van der Waals surface area contributed by atoms with E-state index in [4.69, 9.17) is 22.1 Å². The van der Waals surface area contributed by atoms with Crippen molar-refractivity contribution in [3.8, 4) is 5.75 Å². The third-order valence-corrected chi connectivity index (χ3v) is 4.55. The molecule has 0 saturated carbocycles. The van der Waals surface area contributed by atoms with E-state index in [1.165, 1.54) is 24.4 Å². The highest BCUT2D eigenvalue weighted by atomic mass is 35.5. The summed E-state index contributed by atoms with van der Waals surface area (Å²) in [7, 11) is 0. The lowest BCUT2D eigenvalue weighted by atomic mass is 10.1. The van der Waals surface area contributed by atoms with E-state index >= 15 is 0 Å². The van der Waals surface area contributed by atoms with E-state index in [0.29, 0.717) is 13.0 Å². The maximum atomic E-state index is 14.2. The molecule has 0 bridgehead atoms. The average Bonchev–Trinajstić information content (AvgIpc) is 3.10. The van der Waals surface area contributed by atoms with Crippen LogP contribution in [0.1, 0.15) is 33.7 Å². The van der Waals surface area contributed by atoms with E-state index in [1.807, 2.05) is 0 Å². The van der Waals surface area contributed by atoms with E-state index in [9.17, 15) is 14.0 Å². The van der Waals surface area contributed by atoms with E-state index in [0.717, 1.165) is 6.42 Å². The van der Waals surface area contributed by atoms with Gasteiger partial charge in [0, 0.05) is 12.7 Å². The van der Waals surface area contributed by atoms with E-state index in [-0.39, 0.29) is 34.7 Å². The number of nitrogens with two attached hydrogens (primary N) is 1. The predicted molar refractivity (Wildman–Crippen MR) is 93.7 cm³/mol. The summed E-state index contributed by atoms with van der Waals surface area (Å²) in [4.78, 5) is 29.6. The molecular weight excluding hydrogens is 361 g/mol. The Bertz CT molecular complexity index is 846. The maximum absolute atomic E-state index is 14.2. The summed E-state index contributed by atoms with van der Waals surface area (Å²) in [6, 6.07) is 7.31. The molecule has 136 valence electrons. The highest BCUT2D eigenvalue weighted by Gasteiger charge is 2.32. The number of carbonyl (C=O) groups is 2. The molecule has 3 rings (SSSR count). The van der Waals surface area contributed by atoms with Gasteiger partial charge >= 0.3 is 0 Å². The van der Waals surface area contributed by atoms with E-state index in [2.05, 4.69) is 4.98 Å². The Hall–Kier alpha value is -2.67. The number of nitrogens with zero attached hydrogens (tertiary/aromatic N) is 2. The van der Waals surface area contributed by atoms with E-state index in [1.54, 1.807) is 17.0 Å². The van der Waals surface area contributed by atoms with Crippen molar-refractivity contribution in [2.45, 2.75) is 18.9 Å². The molecule has 1 saturated heterocycles. The molecule has 2 amide bonds. The molecule has 1 unspecified atom stereocenters. The molecule has 1 aromatic carbocycles. The summed E-state index contributed by atoms with van der Waals surface area (Å²) in [6.07, 6.45) is 2.93. The zero-order valence-electron chi connectivity index (χ0n) is 13.8. The first-order valence-electron chi connectivity index (χ1n) is 8.11. The summed E-state index contributed by atoms with van der Waals surface area (Å²) in [5, 5.41) is -0.0932. The lowest BCUT2D eigenvalue weighted by Crippen LogP contribution is -2.39. The van der Waals surface area contributed by atoms with Crippen LogP contribution in [0.3, 0.4) is 0 Å². The minimum absolute atomic E-state index is 0.0317. The summed E-state index contributed by atoms with van der Waals surface area (Å²) < 4.78 is 19.8. The average molecular weight is 378 g/mol. The molecule has 6 nitrogen and oxygen atoms in total. The van der Waals surface area contributed by atoms with Gasteiger partial charge in [0.15, 0.2) is 17.3 Å². The van der Waals surface area contributed by atoms with Crippen LogP contribution in [0, 0.1) is 5.82 Å². The molecule has 2 aromatic rings. The van der Waals surface area contributed by atoms with Crippen molar-refractivity contribution in [2.75, 3.05) is 13.2 Å². The third kappa shape index (κ3) is 3.62. The zero-order valence-corrected chi connectivity index (χ0v) is 14.6. The van der Waals surface area contributed by atoms with Gasteiger partial charge < -0.3 is 15.4 Å². The van der Waals surface area contributed by atoms with Gasteiger partial charge in [0.2, 0.25) is 0 Å². The first-order valence-corrected chi connectivity index (χ1v) is 8.49. The minimum atomic E-state index is -0.728. The van der Waals surface area contributed by atoms with Crippen molar-refractivity contribution in [1.82, 2.24) is 9.88 Å². The highest BCUT2D eigenvalue weighted by Crippen LogP contribution is 2.25. The fourth-order valence-electron chi connectivity index (χ4n) is 2.98. The quantitative estimate of drug-likeness (QED) is 0.868. The molecule has 1 fully saturated rings. The number of amides is 2. The first kappa shape index (κ1) is 18.1. The van der Waals surface area contributed by atoms with Gasteiger partial charge in [-0.1, -0.05) is 17.7 Å². The number of aromatic nitrogens is 1. The Morgan fingerprint density at radius 2 is 2.15 bits per heavy atom. The minimum Gasteiger partial charge on any atom is -0.489 e. The van der Waals surface area contributed by atoms with Gasteiger partial charge in [0.05, 0.1) is 16.6 Å². The molecule has 1 atom stereocenters. The Morgan fingerprint density at radius 3 is 2.92 bits per heavy atom. The number of pyridine rings is 1. The van der Waals surface area contributed by atoms with Crippen LogP contribution in [0.15, 0.2) is 36.5 Å². The van der Waals surface area contributed by atoms with Crippen LogP contribution in [-0.4, -0.2) is 40.9 Å². The molecule has 1 aromatic heterocycles. The lowest BCUT2D eigenvalue weighted by molar-refractivity contribution is 0.0684. The highest BCUT2D eigenvalue weighted by molar-refractivity contribution is 6.31. The molecule has 26 heavy (non-hydrogen) atoms. The monoisotopic (exact) mass is 377 g/mol. The summed E-state index contributed by atoms with van der Waals surface area (Å²) >= 11 is 5.77. The topological polar surface area (TPSA) is 85.5 Å². The second-order valence-corrected chi connectivity index (χ2v) is 6.33. The molecule has 2 N–H and O–H groups in total. The fourth-order valence-corrected chi connectivity index (χ4v) is 3.15. The van der Waals surface area contributed by atoms with Crippen LogP contribution in [0.4, 0.5) is 4.39 Å². The van der Waals surface area contributed by atoms with Gasteiger partial charge in [0.1, 0.15) is 6.61 Å². The molecule has 2 heterocycles. The van der Waals surface area contributed by atoms with Gasteiger partial charge in [-0.3, -0.25) is 9.59 Å². The first-order chi connectivity index (χ1) is 12.5. The van der Waals surface area contributed by atoms with Gasteiger partial charge in [-0.2, -0.15) is 0 Å². The molecule has 1 aliphatic heterocycles. The van der Waals surface area contributed by atoms with Crippen molar-refractivity contribution < 1.29 is 18.7 Å². The number of carbonyl (C=O) groups excluding carboxylic acids is 2. The van der Waals surface area contributed by atoms with Crippen molar-refractivity contribution in [3.05, 3.63) is 58.6 Å². The normalized spacial score (nSPS) is 16.5. The molecule has 0 spiro atoms. The number of likely N-dealkylation sites (tertiary alicyclic amines) is 1. The molecule has 0 radical (unpaired) electrons. The Balaban J connectivity index is 1.74. The summed E-state index contributed by atoms with van der Waals surface area (Å²) in [6.45, 7) is 0.647. The van der Waals surface area contributed by atoms with Crippen molar-refractivity contribution >= 4 is 23.4 Å². The predicted octanol–water partition coefficient (Wildman–Crippen LogP) is 2.66. The molecular formula is C18H17ClFN3O3. The van der Waals surface area contributed by atoms with Crippen LogP contribution < -0.4 is 10.5 Å². The zero-order chi connectivity index (χ0) is 18.7. The van der Waals surface area contributed by atoms with Crippen LogP contribution >= 0.6 is 11.6 Å². The molecule has 0 aliphatic carbocycles. The summed E-state index contributed by atoms with van der Waals surface area (Å²) in [5.41, 5.74) is 5.25. The van der Waals surface area contributed by atoms with Crippen molar-refractivity contribution in [1.29, 1.82) is 0 Å². The van der Waals surface area contributed by atoms with Crippen LogP contribution in [-0.2, 0) is 0 Å². The second-order valence-electron chi connectivity index (χ2n) is 5.92. The largest absolute Gasteiger partial charge is 0.489 e. The van der Waals surface area contributed by atoms with Crippen LogP contribution in [0.2, 0.25) is 5.02 Å². The lowest BCUT2D eigenvalue weighted by Gasteiger charge is -2.25. The number of benzene rings is 1. The van der Waals surface area contributed by atoms with Gasteiger partial charge in [-0.05, 0) is 37.1 Å². The van der Waals surface area contributed by atoms with E-state index < -0.39 is 17.6 Å².